The lowest BCUT2D eigenvalue weighted by atomic mass is 10.1. The van der Waals surface area contributed by atoms with E-state index in [9.17, 15) is 14.0 Å². The average molecular weight is 395 g/mol. The number of piperazine rings is 1. The maximum atomic E-state index is 13.1. The number of carbonyl (C=O) groups is 2. The zero-order valence-corrected chi connectivity index (χ0v) is 16.8. The second-order valence-corrected chi connectivity index (χ2v) is 7.99. The number of nitrogens with zero attached hydrogens (tertiary/aromatic N) is 2. The molecular formula is C23H26FN3O2. The van der Waals surface area contributed by atoms with Crippen molar-refractivity contribution in [1.29, 1.82) is 0 Å². The molecule has 29 heavy (non-hydrogen) atoms. The standard InChI is InChI=1S/C23H26FN3O2/c1-15-4-3-5-16(2)21(15)25-22(28)19-14-20(19)23(29)27-12-10-26(11-13-27)18-8-6-17(24)7-9-18/h3-9,19-20H,10-14H2,1-2H3,(H,25,28). The summed E-state index contributed by atoms with van der Waals surface area (Å²) >= 11 is 0. The average Bonchev–Trinajstić information content (AvgIpc) is 3.52. The van der Waals surface area contributed by atoms with Crippen molar-refractivity contribution in [1.82, 2.24) is 4.90 Å². The van der Waals surface area contributed by atoms with Gasteiger partial charge < -0.3 is 15.1 Å². The Morgan fingerprint density at radius 2 is 1.55 bits per heavy atom. The molecule has 4 rings (SSSR count). The van der Waals surface area contributed by atoms with Gasteiger partial charge in [0, 0.05) is 37.6 Å². The lowest BCUT2D eigenvalue weighted by Crippen LogP contribution is -2.49. The Morgan fingerprint density at radius 3 is 2.17 bits per heavy atom. The molecule has 6 heteroatoms. The van der Waals surface area contributed by atoms with Crippen molar-refractivity contribution in [3.05, 3.63) is 59.4 Å². The number of amides is 2. The van der Waals surface area contributed by atoms with Crippen molar-refractivity contribution < 1.29 is 14.0 Å². The van der Waals surface area contributed by atoms with Crippen LogP contribution in [0.1, 0.15) is 17.5 Å². The second-order valence-electron chi connectivity index (χ2n) is 7.99. The number of halogens is 1. The van der Waals surface area contributed by atoms with Crippen LogP contribution in [0.15, 0.2) is 42.5 Å². The van der Waals surface area contributed by atoms with Crippen LogP contribution < -0.4 is 10.2 Å². The van der Waals surface area contributed by atoms with Crippen LogP contribution in [-0.2, 0) is 9.59 Å². The van der Waals surface area contributed by atoms with E-state index in [1.807, 2.05) is 36.9 Å². The van der Waals surface area contributed by atoms with Crippen LogP contribution in [0.4, 0.5) is 15.8 Å². The number of hydrogen-bond donors (Lipinski definition) is 1. The molecule has 0 radical (unpaired) electrons. The van der Waals surface area contributed by atoms with Crippen LogP contribution in [0.5, 0.6) is 0 Å². The van der Waals surface area contributed by atoms with E-state index in [-0.39, 0.29) is 29.5 Å². The zero-order valence-electron chi connectivity index (χ0n) is 16.8. The number of hydrogen-bond acceptors (Lipinski definition) is 3. The number of rotatable bonds is 4. The molecule has 2 amide bonds. The van der Waals surface area contributed by atoms with E-state index in [4.69, 9.17) is 0 Å². The number of nitrogens with one attached hydrogen (secondary N) is 1. The molecule has 2 unspecified atom stereocenters. The summed E-state index contributed by atoms with van der Waals surface area (Å²) in [4.78, 5) is 29.5. The predicted molar refractivity (Wildman–Crippen MR) is 111 cm³/mol. The highest BCUT2D eigenvalue weighted by Gasteiger charge is 2.49. The van der Waals surface area contributed by atoms with Gasteiger partial charge in [-0.1, -0.05) is 18.2 Å². The molecule has 2 aromatic carbocycles. The molecule has 152 valence electrons. The fourth-order valence-electron chi connectivity index (χ4n) is 4.06. The van der Waals surface area contributed by atoms with Crippen molar-refractivity contribution in [2.75, 3.05) is 36.4 Å². The normalized spacial score (nSPS) is 21.1. The lowest BCUT2D eigenvalue weighted by Gasteiger charge is -2.36. The Balaban J connectivity index is 1.30. The minimum absolute atomic E-state index is 0.0642. The maximum absolute atomic E-state index is 13.1. The Labute approximate surface area is 170 Å². The molecule has 0 aromatic heterocycles. The molecule has 1 heterocycles. The van der Waals surface area contributed by atoms with Gasteiger partial charge in [0.15, 0.2) is 0 Å². The first-order chi connectivity index (χ1) is 13.9. The molecule has 2 aromatic rings. The third-order valence-electron chi connectivity index (χ3n) is 5.96. The first-order valence-electron chi connectivity index (χ1n) is 10.1. The summed E-state index contributed by atoms with van der Waals surface area (Å²) in [5.74, 6) is -0.689. The molecule has 1 N–H and O–H groups in total. The third kappa shape index (κ3) is 4.11. The third-order valence-corrected chi connectivity index (χ3v) is 5.96. The summed E-state index contributed by atoms with van der Waals surface area (Å²) in [6, 6.07) is 12.4. The van der Waals surface area contributed by atoms with E-state index >= 15 is 0 Å². The van der Waals surface area contributed by atoms with Crippen LogP contribution in [0.25, 0.3) is 0 Å². The summed E-state index contributed by atoms with van der Waals surface area (Å²) in [7, 11) is 0. The van der Waals surface area contributed by atoms with Crippen molar-refractivity contribution in [2.45, 2.75) is 20.3 Å². The molecule has 1 saturated carbocycles. The second kappa shape index (κ2) is 7.85. The van der Waals surface area contributed by atoms with Crippen LogP contribution in [0, 0.1) is 31.5 Å². The minimum Gasteiger partial charge on any atom is -0.368 e. The zero-order chi connectivity index (χ0) is 20.5. The quantitative estimate of drug-likeness (QED) is 0.864. The molecular weight excluding hydrogens is 369 g/mol. The molecule has 1 aliphatic carbocycles. The van der Waals surface area contributed by atoms with Gasteiger partial charge >= 0.3 is 0 Å². The Kier molecular flexibility index (Phi) is 5.26. The van der Waals surface area contributed by atoms with Gasteiger partial charge in [-0.15, -0.1) is 0 Å². The summed E-state index contributed by atoms with van der Waals surface area (Å²) < 4.78 is 13.1. The summed E-state index contributed by atoms with van der Waals surface area (Å²) in [5, 5.41) is 3.01. The Morgan fingerprint density at radius 1 is 0.931 bits per heavy atom. The summed E-state index contributed by atoms with van der Waals surface area (Å²) in [5.41, 5.74) is 3.87. The van der Waals surface area contributed by atoms with Gasteiger partial charge in [0.1, 0.15) is 5.82 Å². The maximum Gasteiger partial charge on any atom is 0.228 e. The first kappa shape index (κ1) is 19.4. The van der Waals surface area contributed by atoms with E-state index < -0.39 is 0 Å². The highest BCUT2D eigenvalue weighted by Crippen LogP contribution is 2.41. The SMILES string of the molecule is Cc1cccc(C)c1NC(=O)C1CC1C(=O)N1CCN(c2ccc(F)cc2)CC1. The monoisotopic (exact) mass is 395 g/mol. The van der Waals surface area contributed by atoms with Gasteiger partial charge in [0.2, 0.25) is 11.8 Å². The lowest BCUT2D eigenvalue weighted by molar-refractivity contribution is -0.134. The van der Waals surface area contributed by atoms with Crippen molar-refractivity contribution in [2.24, 2.45) is 11.8 Å². The van der Waals surface area contributed by atoms with Gasteiger partial charge in [0.25, 0.3) is 0 Å². The fourth-order valence-corrected chi connectivity index (χ4v) is 4.06. The van der Waals surface area contributed by atoms with Crippen LogP contribution >= 0.6 is 0 Å². The van der Waals surface area contributed by atoms with Crippen molar-refractivity contribution >= 4 is 23.2 Å². The molecule has 1 aliphatic heterocycles. The smallest absolute Gasteiger partial charge is 0.228 e. The van der Waals surface area contributed by atoms with Gasteiger partial charge in [-0.05, 0) is 55.7 Å². The fraction of sp³-hybridized carbons (Fsp3) is 0.391. The number of anilines is 2. The molecule has 5 nitrogen and oxygen atoms in total. The molecule has 0 spiro atoms. The van der Waals surface area contributed by atoms with Gasteiger partial charge in [-0.25, -0.2) is 4.39 Å². The number of benzene rings is 2. The highest BCUT2D eigenvalue weighted by atomic mass is 19.1. The van der Waals surface area contributed by atoms with Crippen LogP contribution in [-0.4, -0.2) is 42.9 Å². The number of para-hydroxylation sites is 1. The number of aryl methyl sites for hydroxylation is 2. The van der Waals surface area contributed by atoms with Crippen molar-refractivity contribution in [3.63, 3.8) is 0 Å². The van der Waals surface area contributed by atoms with E-state index in [2.05, 4.69) is 10.2 Å². The minimum atomic E-state index is -0.249. The van der Waals surface area contributed by atoms with E-state index in [0.717, 1.165) is 22.5 Å². The summed E-state index contributed by atoms with van der Waals surface area (Å²) in [6.07, 6.45) is 0.619. The van der Waals surface area contributed by atoms with E-state index in [1.54, 1.807) is 12.1 Å². The highest BCUT2D eigenvalue weighted by molar-refractivity contribution is 6.00. The Bertz CT molecular complexity index is 900. The molecule has 2 fully saturated rings. The largest absolute Gasteiger partial charge is 0.368 e. The number of carbonyl (C=O) groups excluding carboxylic acids is 2. The molecule has 2 aliphatic rings. The van der Waals surface area contributed by atoms with Gasteiger partial charge in [-0.2, -0.15) is 0 Å². The van der Waals surface area contributed by atoms with Gasteiger partial charge in [-0.3, -0.25) is 9.59 Å². The predicted octanol–water partition coefficient (Wildman–Crippen LogP) is 3.37. The summed E-state index contributed by atoms with van der Waals surface area (Å²) in [6.45, 7) is 6.61. The Hall–Kier alpha value is -2.89. The molecule has 0 bridgehead atoms. The van der Waals surface area contributed by atoms with Crippen molar-refractivity contribution in [3.8, 4) is 0 Å². The van der Waals surface area contributed by atoms with E-state index in [1.165, 1.54) is 12.1 Å². The van der Waals surface area contributed by atoms with Gasteiger partial charge in [0.05, 0.1) is 11.8 Å². The van der Waals surface area contributed by atoms with Crippen LogP contribution in [0.3, 0.4) is 0 Å². The molecule has 2 atom stereocenters. The topological polar surface area (TPSA) is 52.7 Å². The van der Waals surface area contributed by atoms with Crippen LogP contribution in [0.2, 0.25) is 0 Å². The first-order valence-corrected chi connectivity index (χ1v) is 10.1. The van der Waals surface area contributed by atoms with E-state index in [0.29, 0.717) is 32.6 Å². The molecule has 1 saturated heterocycles.